The maximum atomic E-state index is 13.8. The summed E-state index contributed by atoms with van der Waals surface area (Å²) in [4.78, 5) is 13.8. The molecule has 186 valence electrons. The second-order valence-corrected chi connectivity index (χ2v) is 23.7. The molecule has 0 aliphatic heterocycles. The molecule has 0 N–H and O–H groups in total. The smallest absolute Gasteiger partial charge is 0.192 e. The summed E-state index contributed by atoms with van der Waals surface area (Å²) in [6, 6.07) is 0. The Bertz CT molecular complexity index is 728. The molecule has 0 aromatic carbocycles. The van der Waals surface area contributed by atoms with Crippen LogP contribution >= 0.6 is 0 Å². The highest BCUT2D eigenvalue weighted by molar-refractivity contribution is 6.74. The molecular weight excluding hydrogens is 428 g/mol. The van der Waals surface area contributed by atoms with Crippen LogP contribution in [0.3, 0.4) is 0 Å². The van der Waals surface area contributed by atoms with Crippen molar-refractivity contribution in [2.24, 2.45) is 16.7 Å². The molecule has 0 saturated heterocycles. The Morgan fingerprint density at radius 1 is 0.969 bits per heavy atom. The molecule has 0 bridgehead atoms. The standard InChI is InChI=1S/C27H52O3Si2/c1-20-14-17-27(23(28)18-20,19-29-31(10,11)24(3,4)5)26(9)16-15-22(21(26)2)30-32(12,13)25(6,7)8/h20,22H,2,14-19H2,1,3-13H3/t20-,22-,26+,27-/m0/s1. The molecule has 4 atom stereocenters. The Morgan fingerprint density at radius 3 is 1.97 bits per heavy atom. The van der Waals surface area contributed by atoms with Gasteiger partial charge >= 0.3 is 0 Å². The van der Waals surface area contributed by atoms with E-state index in [1.54, 1.807) is 0 Å². The zero-order valence-corrected chi connectivity index (χ0v) is 25.3. The third-order valence-electron chi connectivity index (χ3n) is 9.92. The molecule has 2 aliphatic carbocycles. The summed E-state index contributed by atoms with van der Waals surface area (Å²) < 4.78 is 13.7. The van der Waals surface area contributed by atoms with Gasteiger partial charge in [-0.15, -0.1) is 0 Å². The van der Waals surface area contributed by atoms with Gasteiger partial charge in [-0.3, -0.25) is 4.79 Å². The average Bonchev–Trinajstić information content (AvgIpc) is 2.88. The summed E-state index contributed by atoms with van der Waals surface area (Å²) in [6.07, 6.45) is 4.64. The summed E-state index contributed by atoms with van der Waals surface area (Å²) in [7, 11) is -3.89. The maximum absolute atomic E-state index is 13.8. The fraction of sp³-hybridized carbons (Fsp3) is 0.889. The van der Waals surface area contributed by atoms with Crippen LogP contribution in [0.1, 0.15) is 87.5 Å². The molecule has 0 amide bonds. The zero-order valence-electron chi connectivity index (χ0n) is 23.3. The first-order valence-corrected chi connectivity index (χ1v) is 18.6. The van der Waals surface area contributed by atoms with Gasteiger partial charge in [-0.2, -0.15) is 0 Å². The fourth-order valence-electron chi connectivity index (χ4n) is 4.98. The predicted octanol–water partition coefficient (Wildman–Crippen LogP) is 8.13. The first kappa shape index (κ1) is 28.0. The highest BCUT2D eigenvalue weighted by Gasteiger charge is 2.60. The van der Waals surface area contributed by atoms with E-state index in [-0.39, 0.29) is 21.6 Å². The number of carbonyl (C=O) groups is 1. The minimum atomic E-state index is -1.97. The van der Waals surface area contributed by atoms with E-state index < -0.39 is 22.0 Å². The summed E-state index contributed by atoms with van der Waals surface area (Å²) in [5.41, 5.74) is 0.404. The number of ketones is 1. The lowest BCUT2D eigenvalue weighted by molar-refractivity contribution is -0.144. The maximum Gasteiger partial charge on any atom is 0.192 e. The first-order chi connectivity index (χ1) is 14.2. The number of Topliss-reactive ketones (excluding diaryl/α,β-unsaturated/α-hetero) is 1. The molecule has 2 saturated carbocycles. The Balaban J connectivity index is 2.40. The molecule has 3 nitrogen and oxygen atoms in total. The van der Waals surface area contributed by atoms with Crippen molar-refractivity contribution in [2.45, 2.75) is 130 Å². The number of carbonyl (C=O) groups excluding carboxylic acids is 1. The van der Waals surface area contributed by atoms with E-state index in [2.05, 4.69) is 88.2 Å². The molecule has 2 aliphatic rings. The summed E-state index contributed by atoms with van der Waals surface area (Å²) in [5, 5.41) is 0.284. The van der Waals surface area contributed by atoms with Crippen LogP contribution < -0.4 is 0 Å². The van der Waals surface area contributed by atoms with Crippen molar-refractivity contribution < 1.29 is 13.6 Å². The molecule has 0 spiro atoms. The molecular formula is C27H52O3Si2. The van der Waals surface area contributed by atoms with Crippen molar-refractivity contribution in [3.8, 4) is 0 Å². The second kappa shape index (κ2) is 8.76. The SMILES string of the molecule is C=C1[C@@H](O[Si](C)(C)C(C)(C)C)CC[C@@]1(C)[C@]1(CO[Si](C)(C)C(C)(C)C)CC[C@H](C)CC1=O. The highest BCUT2D eigenvalue weighted by Crippen LogP contribution is 2.60. The normalized spacial score (nSPS) is 33.1. The largest absolute Gasteiger partial charge is 0.416 e. The van der Waals surface area contributed by atoms with Gasteiger partial charge in [0.2, 0.25) is 0 Å². The molecule has 0 aromatic rings. The van der Waals surface area contributed by atoms with E-state index in [0.717, 1.165) is 31.3 Å². The third-order valence-corrected chi connectivity index (χ3v) is 18.9. The Labute approximate surface area is 201 Å². The first-order valence-electron chi connectivity index (χ1n) is 12.7. The van der Waals surface area contributed by atoms with Crippen LogP contribution in [-0.2, 0) is 13.6 Å². The molecule has 2 fully saturated rings. The van der Waals surface area contributed by atoms with Gasteiger partial charge < -0.3 is 8.85 Å². The highest BCUT2D eigenvalue weighted by atomic mass is 28.4. The van der Waals surface area contributed by atoms with E-state index in [0.29, 0.717) is 24.7 Å². The Hall–Kier alpha value is -0.236. The Morgan fingerprint density at radius 2 is 1.50 bits per heavy atom. The molecule has 2 rings (SSSR count). The van der Waals surface area contributed by atoms with Crippen LogP contribution in [0.5, 0.6) is 0 Å². The van der Waals surface area contributed by atoms with E-state index in [1.165, 1.54) is 0 Å². The fourth-order valence-corrected chi connectivity index (χ4v) is 7.35. The molecule has 0 radical (unpaired) electrons. The Kier molecular flexibility index (Phi) is 7.67. The van der Waals surface area contributed by atoms with Crippen LogP contribution in [0.4, 0.5) is 0 Å². The van der Waals surface area contributed by atoms with Crippen molar-refractivity contribution in [1.29, 1.82) is 0 Å². The van der Waals surface area contributed by atoms with Gasteiger partial charge in [0.15, 0.2) is 16.6 Å². The molecule has 0 heterocycles. The van der Waals surface area contributed by atoms with Crippen LogP contribution in [-0.4, -0.2) is 35.1 Å². The number of rotatable bonds is 6. The van der Waals surface area contributed by atoms with E-state index in [9.17, 15) is 4.79 Å². The molecule has 5 heteroatoms. The van der Waals surface area contributed by atoms with Crippen LogP contribution in [0.2, 0.25) is 36.3 Å². The van der Waals surface area contributed by atoms with Gasteiger partial charge in [0, 0.05) is 18.4 Å². The second-order valence-electron chi connectivity index (χ2n) is 14.2. The summed E-state index contributed by atoms with van der Waals surface area (Å²) in [6.45, 7) is 32.6. The van der Waals surface area contributed by atoms with E-state index >= 15 is 0 Å². The minimum Gasteiger partial charge on any atom is -0.416 e. The van der Waals surface area contributed by atoms with Gasteiger partial charge in [0.05, 0.1) is 11.5 Å². The van der Waals surface area contributed by atoms with Gasteiger partial charge in [0.1, 0.15) is 5.78 Å². The van der Waals surface area contributed by atoms with E-state index in [1.807, 2.05) is 0 Å². The molecule has 0 unspecified atom stereocenters. The van der Waals surface area contributed by atoms with Crippen LogP contribution in [0.15, 0.2) is 12.2 Å². The van der Waals surface area contributed by atoms with Crippen molar-refractivity contribution in [3.63, 3.8) is 0 Å². The summed E-state index contributed by atoms with van der Waals surface area (Å²) >= 11 is 0. The molecule has 32 heavy (non-hydrogen) atoms. The number of hydrogen-bond donors (Lipinski definition) is 0. The minimum absolute atomic E-state index is 0.0535. The van der Waals surface area contributed by atoms with Crippen molar-refractivity contribution in [1.82, 2.24) is 0 Å². The van der Waals surface area contributed by atoms with Gasteiger partial charge in [-0.25, -0.2) is 0 Å². The van der Waals surface area contributed by atoms with Crippen molar-refractivity contribution in [2.75, 3.05) is 6.61 Å². The monoisotopic (exact) mass is 480 g/mol. The predicted molar refractivity (Wildman–Crippen MR) is 142 cm³/mol. The zero-order chi connectivity index (χ0) is 25.0. The van der Waals surface area contributed by atoms with Crippen molar-refractivity contribution >= 4 is 22.4 Å². The van der Waals surface area contributed by atoms with Crippen LogP contribution in [0, 0.1) is 16.7 Å². The lowest BCUT2D eigenvalue weighted by Gasteiger charge is -2.52. The van der Waals surface area contributed by atoms with Gasteiger partial charge in [-0.05, 0) is 73.4 Å². The lowest BCUT2D eigenvalue weighted by Crippen LogP contribution is -2.55. The number of hydrogen-bond acceptors (Lipinski definition) is 3. The topological polar surface area (TPSA) is 35.5 Å². The summed E-state index contributed by atoms with van der Waals surface area (Å²) in [5.74, 6) is 0.854. The molecule has 0 aromatic heterocycles. The average molecular weight is 481 g/mol. The van der Waals surface area contributed by atoms with Crippen molar-refractivity contribution in [3.05, 3.63) is 12.2 Å². The lowest BCUT2D eigenvalue weighted by atomic mass is 9.54. The van der Waals surface area contributed by atoms with Gasteiger partial charge in [-0.1, -0.05) is 62.0 Å². The third kappa shape index (κ3) is 4.92. The van der Waals surface area contributed by atoms with Crippen LogP contribution in [0.25, 0.3) is 0 Å². The van der Waals surface area contributed by atoms with E-state index in [4.69, 9.17) is 8.85 Å². The quantitative estimate of drug-likeness (QED) is 0.284. The van der Waals surface area contributed by atoms with Gasteiger partial charge in [0.25, 0.3) is 0 Å².